The van der Waals surface area contributed by atoms with Crippen LogP contribution < -0.4 is 10.2 Å². The van der Waals surface area contributed by atoms with Gasteiger partial charge in [0.05, 0.1) is 0 Å². The quantitative estimate of drug-likeness (QED) is 0.858. The standard InChI is InChI=1S/C11H17ClN6/c1-13-10-14-9(12)15-11(16-10)18-6-5-17-4-2-3-8(17)7-18/h8H,2-7H2,1H3,(H,13,14,15,16). The van der Waals surface area contributed by atoms with Crippen molar-refractivity contribution in [2.24, 2.45) is 0 Å². The fourth-order valence-corrected chi connectivity index (χ4v) is 2.92. The van der Waals surface area contributed by atoms with Crippen LogP contribution in [0.1, 0.15) is 12.8 Å². The van der Waals surface area contributed by atoms with Crippen molar-refractivity contribution in [2.45, 2.75) is 18.9 Å². The predicted molar refractivity (Wildman–Crippen MR) is 71.2 cm³/mol. The number of piperazine rings is 1. The number of hydrogen-bond donors (Lipinski definition) is 1. The Morgan fingerprint density at radius 1 is 1.22 bits per heavy atom. The summed E-state index contributed by atoms with van der Waals surface area (Å²) in [5, 5.41) is 3.16. The molecular formula is C11H17ClN6. The molecule has 0 radical (unpaired) electrons. The maximum Gasteiger partial charge on any atom is 0.231 e. The molecule has 3 heterocycles. The van der Waals surface area contributed by atoms with Gasteiger partial charge in [0.25, 0.3) is 0 Å². The molecule has 0 aromatic carbocycles. The summed E-state index contributed by atoms with van der Waals surface area (Å²) in [7, 11) is 1.78. The summed E-state index contributed by atoms with van der Waals surface area (Å²) in [6, 6.07) is 0.646. The predicted octanol–water partition coefficient (Wildman–Crippen LogP) is 0.851. The Morgan fingerprint density at radius 3 is 2.94 bits per heavy atom. The van der Waals surface area contributed by atoms with E-state index in [2.05, 4.69) is 30.1 Å². The first-order valence-corrected chi connectivity index (χ1v) is 6.72. The number of hydrogen-bond acceptors (Lipinski definition) is 6. The molecule has 1 unspecified atom stereocenters. The van der Waals surface area contributed by atoms with Crippen LogP contribution >= 0.6 is 11.6 Å². The van der Waals surface area contributed by atoms with Crippen LogP contribution in [0.5, 0.6) is 0 Å². The van der Waals surface area contributed by atoms with Crippen molar-refractivity contribution >= 4 is 23.5 Å². The second-order valence-corrected chi connectivity index (χ2v) is 5.09. The van der Waals surface area contributed by atoms with E-state index < -0.39 is 0 Å². The molecule has 6 nitrogen and oxygen atoms in total. The van der Waals surface area contributed by atoms with Crippen LogP contribution in [-0.2, 0) is 0 Å². The van der Waals surface area contributed by atoms with Crippen molar-refractivity contribution in [1.29, 1.82) is 0 Å². The van der Waals surface area contributed by atoms with E-state index in [9.17, 15) is 0 Å². The Labute approximate surface area is 111 Å². The van der Waals surface area contributed by atoms with Crippen molar-refractivity contribution in [3.05, 3.63) is 5.28 Å². The number of nitrogens with one attached hydrogen (secondary N) is 1. The van der Waals surface area contributed by atoms with Gasteiger partial charge in [-0.1, -0.05) is 0 Å². The average molecular weight is 269 g/mol. The Balaban J connectivity index is 1.80. The van der Waals surface area contributed by atoms with E-state index >= 15 is 0 Å². The maximum absolute atomic E-state index is 5.92. The molecule has 2 aliphatic rings. The number of rotatable bonds is 2. The molecule has 2 saturated heterocycles. The summed E-state index contributed by atoms with van der Waals surface area (Å²) in [5.41, 5.74) is 0. The van der Waals surface area contributed by atoms with Gasteiger partial charge in [0.15, 0.2) is 0 Å². The first-order valence-electron chi connectivity index (χ1n) is 6.34. The smallest absolute Gasteiger partial charge is 0.231 e. The van der Waals surface area contributed by atoms with Gasteiger partial charge in [-0.05, 0) is 31.0 Å². The van der Waals surface area contributed by atoms with Crippen molar-refractivity contribution in [3.8, 4) is 0 Å². The lowest BCUT2D eigenvalue weighted by Gasteiger charge is -2.37. The summed E-state index contributed by atoms with van der Waals surface area (Å²) in [6.07, 6.45) is 2.58. The van der Waals surface area contributed by atoms with Gasteiger partial charge in [-0.2, -0.15) is 15.0 Å². The summed E-state index contributed by atoms with van der Waals surface area (Å²) < 4.78 is 0. The van der Waals surface area contributed by atoms with Crippen molar-refractivity contribution in [3.63, 3.8) is 0 Å². The summed E-state index contributed by atoms with van der Waals surface area (Å²) >= 11 is 5.92. The van der Waals surface area contributed by atoms with Gasteiger partial charge in [0.1, 0.15) is 0 Å². The molecule has 98 valence electrons. The SMILES string of the molecule is CNc1nc(Cl)nc(N2CCN3CCCC3C2)n1. The van der Waals surface area contributed by atoms with Crippen LogP contribution in [0.2, 0.25) is 5.28 Å². The lowest BCUT2D eigenvalue weighted by molar-refractivity contribution is 0.229. The van der Waals surface area contributed by atoms with E-state index in [0.29, 0.717) is 17.9 Å². The monoisotopic (exact) mass is 268 g/mol. The third-order valence-electron chi connectivity index (χ3n) is 3.69. The molecule has 18 heavy (non-hydrogen) atoms. The van der Waals surface area contributed by atoms with Gasteiger partial charge in [-0.3, -0.25) is 4.90 Å². The van der Waals surface area contributed by atoms with E-state index in [1.807, 2.05) is 0 Å². The molecule has 0 bridgehead atoms. The van der Waals surface area contributed by atoms with Crippen LogP contribution in [0.25, 0.3) is 0 Å². The van der Waals surface area contributed by atoms with Gasteiger partial charge >= 0.3 is 0 Å². The van der Waals surface area contributed by atoms with Crippen molar-refractivity contribution < 1.29 is 0 Å². The van der Waals surface area contributed by atoms with Crippen LogP contribution in [0, 0.1) is 0 Å². The number of nitrogens with zero attached hydrogens (tertiary/aromatic N) is 5. The normalized spacial score (nSPS) is 24.1. The molecule has 1 atom stereocenters. The summed E-state index contributed by atoms with van der Waals surface area (Å²) in [6.45, 7) is 4.27. The van der Waals surface area contributed by atoms with Gasteiger partial charge < -0.3 is 10.2 Å². The number of anilines is 2. The molecule has 0 aliphatic carbocycles. The van der Waals surface area contributed by atoms with Gasteiger partial charge in [0.2, 0.25) is 17.2 Å². The molecule has 2 aliphatic heterocycles. The van der Waals surface area contributed by atoms with Gasteiger partial charge in [0, 0.05) is 32.7 Å². The molecular weight excluding hydrogens is 252 g/mol. The highest BCUT2D eigenvalue weighted by Gasteiger charge is 2.31. The summed E-state index contributed by atoms with van der Waals surface area (Å²) in [4.78, 5) is 17.4. The summed E-state index contributed by atoms with van der Waals surface area (Å²) in [5.74, 6) is 1.21. The van der Waals surface area contributed by atoms with Crippen LogP contribution in [-0.4, -0.2) is 59.1 Å². The number of fused-ring (bicyclic) bond motifs is 1. The van der Waals surface area contributed by atoms with Gasteiger partial charge in [-0.15, -0.1) is 0 Å². The largest absolute Gasteiger partial charge is 0.357 e. The topological polar surface area (TPSA) is 57.2 Å². The maximum atomic E-state index is 5.92. The van der Waals surface area contributed by atoms with Crippen molar-refractivity contribution in [2.75, 3.05) is 43.4 Å². The molecule has 0 saturated carbocycles. The zero-order valence-electron chi connectivity index (χ0n) is 10.4. The third-order valence-corrected chi connectivity index (χ3v) is 3.86. The fraction of sp³-hybridized carbons (Fsp3) is 0.727. The minimum Gasteiger partial charge on any atom is -0.357 e. The Bertz CT molecular complexity index is 440. The minimum absolute atomic E-state index is 0.248. The number of aromatic nitrogens is 3. The Kier molecular flexibility index (Phi) is 3.22. The first kappa shape index (κ1) is 11.9. The van der Waals surface area contributed by atoms with Crippen molar-refractivity contribution in [1.82, 2.24) is 19.9 Å². The molecule has 2 fully saturated rings. The Hall–Kier alpha value is -1.14. The molecule has 1 aromatic heterocycles. The molecule has 1 aromatic rings. The zero-order valence-corrected chi connectivity index (χ0v) is 11.2. The van der Waals surface area contributed by atoms with Crippen LogP contribution in [0.3, 0.4) is 0 Å². The van der Waals surface area contributed by atoms with Crippen LogP contribution in [0.4, 0.5) is 11.9 Å². The molecule has 7 heteroatoms. The lowest BCUT2D eigenvalue weighted by Crippen LogP contribution is -2.50. The van der Waals surface area contributed by atoms with E-state index in [0.717, 1.165) is 19.6 Å². The number of halogens is 1. The highest BCUT2D eigenvalue weighted by Crippen LogP contribution is 2.24. The van der Waals surface area contributed by atoms with E-state index in [1.54, 1.807) is 7.05 Å². The Morgan fingerprint density at radius 2 is 2.11 bits per heavy atom. The highest BCUT2D eigenvalue weighted by atomic mass is 35.5. The van der Waals surface area contributed by atoms with E-state index in [4.69, 9.17) is 11.6 Å². The van der Waals surface area contributed by atoms with E-state index in [1.165, 1.54) is 19.4 Å². The minimum atomic E-state index is 0.248. The lowest BCUT2D eigenvalue weighted by atomic mass is 10.2. The third kappa shape index (κ3) is 2.22. The molecule has 3 rings (SSSR count). The van der Waals surface area contributed by atoms with Gasteiger partial charge in [-0.25, -0.2) is 0 Å². The van der Waals surface area contributed by atoms with E-state index in [-0.39, 0.29) is 5.28 Å². The molecule has 1 N–H and O–H groups in total. The first-order chi connectivity index (χ1) is 8.76. The second-order valence-electron chi connectivity index (χ2n) is 4.76. The van der Waals surface area contributed by atoms with Crippen LogP contribution in [0.15, 0.2) is 0 Å². The fourth-order valence-electron chi connectivity index (χ4n) is 2.77. The second kappa shape index (κ2) is 4.85. The molecule has 0 spiro atoms. The highest BCUT2D eigenvalue weighted by molar-refractivity contribution is 6.28. The zero-order chi connectivity index (χ0) is 12.5. The molecule has 0 amide bonds. The average Bonchev–Trinajstić information content (AvgIpc) is 2.85.